The van der Waals surface area contributed by atoms with E-state index in [9.17, 15) is 0 Å². The van der Waals surface area contributed by atoms with Crippen LogP contribution in [0.3, 0.4) is 0 Å². The molecule has 1 N–H and O–H groups in total. The quantitative estimate of drug-likeness (QED) is 0.822. The first-order valence-electron chi connectivity index (χ1n) is 5.93. The molecule has 16 heavy (non-hydrogen) atoms. The first-order valence-corrected chi connectivity index (χ1v) is 6.31. The predicted octanol–water partition coefficient (Wildman–Crippen LogP) is 3.44. The maximum absolute atomic E-state index is 5.97. The van der Waals surface area contributed by atoms with E-state index in [0.29, 0.717) is 5.15 Å². The molecule has 1 heterocycles. The van der Waals surface area contributed by atoms with Crippen molar-refractivity contribution in [2.75, 3.05) is 5.32 Å². The Morgan fingerprint density at radius 2 is 2.06 bits per heavy atom. The SMILES string of the molecule is CCc1nc(Cl)cc(NC2(C)CCCC2)n1. The molecule has 1 fully saturated rings. The number of hydrogen-bond donors (Lipinski definition) is 1. The Kier molecular flexibility index (Phi) is 3.33. The van der Waals surface area contributed by atoms with Crippen LogP contribution in [0.15, 0.2) is 6.07 Å². The topological polar surface area (TPSA) is 37.8 Å². The molecule has 4 heteroatoms. The van der Waals surface area contributed by atoms with E-state index in [1.54, 1.807) is 0 Å². The molecule has 0 saturated heterocycles. The summed E-state index contributed by atoms with van der Waals surface area (Å²) >= 11 is 5.97. The van der Waals surface area contributed by atoms with Crippen LogP contribution in [-0.4, -0.2) is 15.5 Å². The average molecular weight is 240 g/mol. The van der Waals surface area contributed by atoms with Crippen LogP contribution in [0, 0.1) is 0 Å². The molecule has 1 aromatic heterocycles. The molecule has 0 aromatic carbocycles. The third-order valence-corrected chi connectivity index (χ3v) is 3.39. The van der Waals surface area contributed by atoms with Crippen LogP contribution >= 0.6 is 11.6 Å². The highest BCUT2D eigenvalue weighted by Gasteiger charge is 2.28. The Morgan fingerprint density at radius 1 is 1.38 bits per heavy atom. The van der Waals surface area contributed by atoms with Crippen molar-refractivity contribution in [2.24, 2.45) is 0 Å². The molecule has 1 aromatic rings. The number of nitrogens with one attached hydrogen (secondary N) is 1. The summed E-state index contributed by atoms with van der Waals surface area (Å²) in [6.45, 7) is 4.29. The molecule has 3 nitrogen and oxygen atoms in total. The van der Waals surface area contributed by atoms with Gasteiger partial charge in [0.15, 0.2) is 0 Å². The highest BCUT2D eigenvalue weighted by Crippen LogP contribution is 2.32. The smallest absolute Gasteiger partial charge is 0.134 e. The van der Waals surface area contributed by atoms with E-state index in [0.717, 1.165) is 18.1 Å². The van der Waals surface area contributed by atoms with Gasteiger partial charge in [-0.2, -0.15) is 0 Å². The van der Waals surface area contributed by atoms with Crippen molar-refractivity contribution in [3.63, 3.8) is 0 Å². The second kappa shape index (κ2) is 4.58. The van der Waals surface area contributed by atoms with Crippen LogP contribution in [-0.2, 0) is 6.42 Å². The van der Waals surface area contributed by atoms with Gasteiger partial charge < -0.3 is 5.32 Å². The highest BCUT2D eigenvalue weighted by molar-refractivity contribution is 6.29. The zero-order chi connectivity index (χ0) is 11.6. The first-order chi connectivity index (χ1) is 7.61. The standard InChI is InChI=1S/C12H18ClN3/c1-3-10-14-9(13)8-11(15-10)16-12(2)6-4-5-7-12/h8H,3-7H2,1-2H3,(H,14,15,16). The second-order valence-corrected chi connectivity index (χ2v) is 5.13. The van der Waals surface area contributed by atoms with Crippen LogP contribution in [0.1, 0.15) is 45.4 Å². The molecule has 1 saturated carbocycles. The zero-order valence-electron chi connectivity index (χ0n) is 9.89. The molecule has 1 aliphatic carbocycles. The summed E-state index contributed by atoms with van der Waals surface area (Å²) in [4.78, 5) is 8.62. The van der Waals surface area contributed by atoms with Gasteiger partial charge in [0.25, 0.3) is 0 Å². The van der Waals surface area contributed by atoms with Crippen molar-refractivity contribution >= 4 is 17.4 Å². The number of hydrogen-bond acceptors (Lipinski definition) is 3. The molecule has 1 aliphatic rings. The summed E-state index contributed by atoms with van der Waals surface area (Å²) in [5, 5.41) is 4.02. The van der Waals surface area contributed by atoms with E-state index in [-0.39, 0.29) is 5.54 Å². The molecule has 0 radical (unpaired) electrons. The average Bonchev–Trinajstić information content (AvgIpc) is 2.63. The monoisotopic (exact) mass is 239 g/mol. The molecule has 0 spiro atoms. The normalized spacial score (nSPS) is 18.7. The van der Waals surface area contributed by atoms with Crippen LogP contribution < -0.4 is 5.32 Å². The van der Waals surface area contributed by atoms with E-state index < -0.39 is 0 Å². The zero-order valence-corrected chi connectivity index (χ0v) is 10.6. The summed E-state index contributed by atoms with van der Waals surface area (Å²) < 4.78 is 0. The van der Waals surface area contributed by atoms with Gasteiger partial charge in [0.05, 0.1) is 0 Å². The number of nitrogens with zero attached hydrogens (tertiary/aromatic N) is 2. The fourth-order valence-corrected chi connectivity index (χ4v) is 2.48. The van der Waals surface area contributed by atoms with E-state index in [4.69, 9.17) is 11.6 Å². The summed E-state index contributed by atoms with van der Waals surface area (Å²) in [5.74, 6) is 1.66. The molecular formula is C12H18ClN3. The van der Waals surface area contributed by atoms with Crippen molar-refractivity contribution < 1.29 is 0 Å². The molecular weight excluding hydrogens is 222 g/mol. The Labute approximate surface area is 102 Å². The third kappa shape index (κ3) is 2.64. The lowest BCUT2D eigenvalue weighted by atomic mass is 10.0. The van der Waals surface area contributed by atoms with Crippen LogP contribution in [0.25, 0.3) is 0 Å². The summed E-state index contributed by atoms with van der Waals surface area (Å²) in [6, 6.07) is 1.81. The number of aromatic nitrogens is 2. The van der Waals surface area contributed by atoms with Gasteiger partial charge in [0.1, 0.15) is 16.8 Å². The van der Waals surface area contributed by atoms with Gasteiger partial charge in [0, 0.05) is 18.0 Å². The summed E-state index contributed by atoms with van der Waals surface area (Å²) in [7, 11) is 0. The number of anilines is 1. The maximum Gasteiger partial charge on any atom is 0.134 e. The lowest BCUT2D eigenvalue weighted by Gasteiger charge is -2.26. The Morgan fingerprint density at radius 3 is 2.69 bits per heavy atom. The highest BCUT2D eigenvalue weighted by atomic mass is 35.5. The van der Waals surface area contributed by atoms with E-state index in [1.165, 1.54) is 25.7 Å². The first kappa shape index (κ1) is 11.6. The lowest BCUT2D eigenvalue weighted by Crippen LogP contribution is -2.31. The van der Waals surface area contributed by atoms with Crippen LogP contribution in [0.5, 0.6) is 0 Å². The van der Waals surface area contributed by atoms with Crippen molar-refractivity contribution in [3.8, 4) is 0 Å². The summed E-state index contributed by atoms with van der Waals surface area (Å²) in [5.41, 5.74) is 0.183. The molecule has 0 unspecified atom stereocenters. The minimum Gasteiger partial charge on any atom is -0.365 e. The van der Waals surface area contributed by atoms with E-state index in [1.807, 2.05) is 13.0 Å². The summed E-state index contributed by atoms with van der Waals surface area (Å²) in [6.07, 6.45) is 5.81. The minimum atomic E-state index is 0.183. The van der Waals surface area contributed by atoms with Gasteiger partial charge in [-0.25, -0.2) is 9.97 Å². The predicted molar refractivity (Wildman–Crippen MR) is 66.9 cm³/mol. The second-order valence-electron chi connectivity index (χ2n) is 4.74. The number of aryl methyl sites for hydroxylation is 1. The Hall–Kier alpha value is -0.830. The largest absolute Gasteiger partial charge is 0.365 e. The molecule has 0 aliphatic heterocycles. The molecule has 88 valence electrons. The minimum absolute atomic E-state index is 0.183. The van der Waals surface area contributed by atoms with Gasteiger partial charge in [-0.15, -0.1) is 0 Å². The maximum atomic E-state index is 5.97. The fraction of sp³-hybridized carbons (Fsp3) is 0.667. The fourth-order valence-electron chi connectivity index (χ4n) is 2.28. The van der Waals surface area contributed by atoms with Crippen molar-refractivity contribution in [2.45, 2.75) is 51.5 Å². The van der Waals surface area contributed by atoms with Gasteiger partial charge in [0.2, 0.25) is 0 Å². The van der Waals surface area contributed by atoms with Crippen molar-refractivity contribution in [1.82, 2.24) is 9.97 Å². The van der Waals surface area contributed by atoms with Crippen LogP contribution in [0.4, 0.5) is 5.82 Å². The molecule has 2 rings (SSSR count). The Balaban J connectivity index is 2.17. The van der Waals surface area contributed by atoms with Gasteiger partial charge in [-0.1, -0.05) is 31.4 Å². The van der Waals surface area contributed by atoms with Gasteiger partial charge in [-0.05, 0) is 19.8 Å². The molecule has 0 bridgehead atoms. The van der Waals surface area contributed by atoms with Gasteiger partial charge in [-0.3, -0.25) is 0 Å². The number of halogens is 1. The molecule has 0 amide bonds. The van der Waals surface area contributed by atoms with Crippen molar-refractivity contribution in [3.05, 3.63) is 17.0 Å². The molecule has 0 atom stereocenters. The third-order valence-electron chi connectivity index (χ3n) is 3.19. The van der Waals surface area contributed by atoms with E-state index in [2.05, 4.69) is 22.2 Å². The van der Waals surface area contributed by atoms with E-state index >= 15 is 0 Å². The Bertz CT molecular complexity index is 373. The lowest BCUT2D eigenvalue weighted by molar-refractivity contribution is 0.530. The van der Waals surface area contributed by atoms with Crippen LogP contribution in [0.2, 0.25) is 5.15 Å². The van der Waals surface area contributed by atoms with Crippen molar-refractivity contribution in [1.29, 1.82) is 0 Å². The van der Waals surface area contributed by atoms with Gasteiger partial charge >= 0.3 is 0 Å². The number of rotatable bonds is 3.